The van der Waals surface area contributed by atoms with Crippen LogP contribution in [-0.4, -0.2) is 24.1 Å². The molecule has 31 heavy (non-hydrogen) atoms. The summed E-state index contributed by atoms with van der Waals surface area (Å²) in [6, 6.07) is 4.67. The van der Waals surface area contributed by atoms with Crippen LogP contribution >= 0.6 is 11.6 Å². The molecule has 0 bridgehead atoms. The summed E-state index contributed by atoms with van der Waals surface area (Å²) in [6.45, 7) is 3.96. The maximum Gasteiger partial charge on any atom is 0.417 e. The first kappa shape index (κ1) is 21.5. The van der Waals surface area contributed by atoms with Gasteiger partial charge >= 0.3 is 6.18 Å². The first-order valence-corrected chi connectivity index (χ1v) is 9.96. The molecule has 0 saturated heterocycles. The van der Waals surface area contributed by atoms with Gasteiger partial charge in [0.05, 0.1) is 27.5 Å². The summed E-state index contributed by atoms with van der Waals surface area (Å²) in [5.74, 6) is -1.43. The van der Waals surface area contributed by atoms with Crippen molar-refractivity contribution in [1.82, 2.24) is 0 Å². The highest BCUT2D eigenvalue weighted by molar-refractivity contribution is 6.38. The molecule has 0 spiro atoms. The quantitative estimate of drug-likeness (QED) is 0.484. The second-order valence-electron chi connectivity index (χ2n) is 7.28. The smallest absolute Gasteiger partial charge is 0.323 e. The summed E-state index contributed by atoms with van der Waals surface area (Å²) >= 11 is 6.26. The number of amidine groups is 1. The van der Waals surface area contributed by atoms with Crippen molar-refractivity contribution in [2.45, 2.75) is 32.5 Å². The summed E-state index contributed by atoms with van der Waals surface area (Å²) in [6.07, 6.45) is -2.38. The Hall–Kier alpha value is -2.74. The fourth-order valence-electron chi connectivity index (χ4n) is 3.76. The number of alkyl halides is 3. The average molecular weight is 454 g/mol. The number of rotatable bonds is 2. The summed E-state index contributed by atoms with van der Waals surface area (Å²) in [5, 5.41) is -0.660. The van der Waals surface area contributed by atoms with Crippen LogP contribution in [0.1, 0.15) is 37.0 Å². The Bertz CT molecular complexity index is 1130. The number of benzene rings is 2. The average Bonchev–Trinajstić information content (AvgIpc) is 2.82. The summed E-state index contributed by atoms with van der Waals surface area (Å²) in [7, 11) is 0. The fraction of sp³-hybridized carbons (Fsp3) is 0.273. The zero-order valence-corrected chi connectivity index (χ0v) is 17.3. The van der Waals surface area contributed by atoms with Gasteiger partial charge in [-0.25, -0.2) is 13.8 Å². The minimum Gasteiger partial charge on any atom is -0.323 e. The number of halogens is 6. The SMILES string of the molecule is CCC1=CN=C2[C@H](C)N=C(c3c(F)cccc3F)c3c(ccc(C(F)(F)F)c3Cl)N2C1. The van der Waals surface area contributed by atoms with E-state index in [4.69, 9.17) is 11.6 Å². The van der Waals surface area contributed by atoms with Crippen LogP contribution in [0.5, 0.6) is 0 Å². The molecule has 2 aliphatic heterocycles. The predicted molar refractivity (Wildman–Crippen MR) is 111 cm³/mol. The first-order chi connectivity index (χ1) is 14.6. The Morgan fingerprint density at radius 1 is 1.10 bits per heavy atom. The minimum absolute atomic E-state index is 0.171. The van der Waals surface area contributed by atoms with E-state index in [-0.39, 0.29) is 17.0 Å². The van der Waals surface area contributed by atoms with Gasteiger partial charge in [-0.2, -0.15) is 13.2 Å². The predicted octanol–water partition coefficient (Wildman–Crippen LogP) is 6.39. The highest BCUT2D eigenvalue weighted by Gasteiger charge is 2.39. The van der Waals surface area contributed by atoms with Gasteiger partial charge in [0.25, 0.3) is 0 Å². The Morgan fingerprint density at radius 2 is 1.77 bits per heavy atom. The highest BCUT2D eigenvalue weighted by Crippen LogP contribution is 2.43. The number of hydrogen-bond donors (Lipinski definition) is 0. The third kappa shape index (κ3) is 3.63. The lowest BCUT2D eigenvalue weighted by Crippen LogP contribution is -2.40. The third-order valence-electron chi connectivity index (χ3n) is 5.32. The maximum absolute atomic E-state index is 14.7. The second-order valence-corrected chi connectivity index (χ2v) is 7.66. The van der Waals surface area contributed by atoms with Crippen LogP contribution in [0.2, 0.25) is 5.02 Å². The normalized spacial score (nSPS) is 18.5. The first-order valence-electron chi connectivity index (χ1n) is 9.58. The lowest BCUT2D eigenvalue weighted by Gasteiger charge is -2.31. The zero-order chi connectivity index (χ0) is 22.5. The zero-order valence-electron chi connectivity index (χ0n) is 16.6. The van der Waals surface area contributed by atoms with Gasteiger partial charge in [0.2, 0.25) is 0 Å². The van der Waals surface area contributed by atoms with E-state index in [0.29, 0.717) is 18.8 Å². The van der Waals surface area contributed by atoms with Crippen LogP contribution in [0.25, 0.3) is 0 Å². The Morgan fingerprint density at radius 3 is 2.39 bits per heavy atom. The van der Waals surface area contributed by atoms with Crippen LogP contribution in [0.3, 0.4) is 0 Å². The van der Waals surface area contributed by atoms with Crippen molar-refractivity contribution in [3.8, 4) is 0 Å². The molecule has 2 aliphatic rings. The monoisotopic (exact) mass is 453 g/mol. The number of anilines is 1. The Kier molecular flexibility index (Phi) is 5.37. The molecule has 0 radical (unpaired) electrons. The van der Waals surface area contributed by atoms with E-state index >= 15 is 0 Å². The number of nitrogens with zero attached hydrogens (tertiary/aromatic N) is 3. The molecule has 4 rings (SSSR count). The number of fused-ring (bicyclic) bond motifs is 3. The Labute approximate surface area is 180 Å². The van der Waals surface area contributed by atoms with Gasteiger partial charge in [0, 0.05) is 18.3 Å². The van der Waals surface area contributed by atoms with E-state index in [2.05, 4.69) is 9.98 Å². The van der Waals surface area contributed by atoms with Crippen molar-refractivity contribution < 1.29 is 22.0 Å². The molecule has 0 fully saturated rings. The van der Waals surface area contributed by atoms with Crippen molar-refractivity contribution in [1.29, 1.82) is 0 Å². The molecule has 3 nitrogen and oxygen atoms in total. The molecule has 0 aliphatic carbocycles. The molecule has 2 aromatic rings. The fourth-order valence-corrected chi connectivity index (χ4v) is 4.12. The van der Waals surface area contributed by atoms with Crippen LogP contribution in [-0.2, 0) is 6.18 Å². The molecular weight excluding hydrogens is 437 g/mol. The molecule has 1 atom stereocenters. The van der Waals surface area contributed by atoms with Crippen molar-refractivity contribution in [2.75, 3.05) is 11.4 Å². The molecule has 0 unspecified atom stereocenters. The third-order valence-corrected chi connectivity index (χ3v) is 5.71. The summed E-state index contributed by atoms with van der Waals surface area (Å²) < 4.78 is 70.3. The van der Waals surface area contributed by atoms with Gasteiger partial charge in [-0.15, -0.1) is 0 Å². The standard InChI is InChI=1S/C22H17ClF5N3/c1-3-12-9-29-21-11(2)30-20(17-14(24)5-4-6-15(17)25)18-16(31(21)10-12)8-7-13(19(18)23)22(26,27)28/h4-9,11H,3,10H2,1-2H3/t11-/m0/s1. The number of hydrogen-bond acceptors (Lipinski definition) is 3. The van der Waals surface area contributed by atoms with E-state index in [0.717, 1.165) is 23.8 Å². The van der Waals surface area contributed by atoms with Crippen LogP contribution in [0.4, 0.5) is 27.6 Å². The topological polar surface area (TPSA) is 28.0 Å². The molecular formula is C22H17ClF5N3. The number of aliphatic imine (C=N–C) groups is 2. The van der Waals surface area contributed by atoms with Crippen molar-refractivity contribution in [3.05, 3.63) is 75.5 Å². The van der Waals surface area contributed by atoms with E-state index in [9.17, 15) is 22.0 Å². The molecule has 0 amide bonds. The summed E-state index contributed by atoms with van der Waals surface area (Å²) in [4.78, 5) is 10.6. The molecule has 9 heteroatoms. The molecule has 0 N–H and O–H groups in total. The van der Waals surface area contributed by atoms with Crippen LogP contribution in [0, 0.1) is 11.6 Å². The van der Waals surface area contributed by atoms with E-state index in [1.807, 2.05) is 6.92 Å². The second kappa shape index (κ2) is 7.75. The van der Waals surface area contributed by atoms with E-state index < -0.39 is 40.0 Å². The molecule has 162 valence electrons. The van der Waals surface area contributed by atoms with Gasteiger partial charge in [-0.3, -0.25) is 4.99 Å². The van der Waals surface area contributed by atoms with Crippen LogP contribution in [0.15, 0.2) is 52.1 Å². The van der Waals surface area contributed by atoms with E-state index in [1.165, 1.54) is 12.1 Å². The van der Waals surface area contributed by atoms with E-state index in [1.54, 1.807) is 18.0 Å². The molecule has 2 aromatic carbocycles. The molecule has 2 heterocycles. The highest BCUT2D eigenvalue weighted by atomic mass is 35.5. The van der Waals surface area contributed by atoms with Gasteiger partial charge in [-0.05, 0) is 43.2 Å². The van der Waals surface area contributed by atoms with Gasteiger partial charge in [0.1, 0.15) is 23.5 Å². The maximum atomic E-state index is 14.7. The lowest BCUT2D eigenvalue weighted by atomic mass is 9.96. The van der Waals surface area contributed by atoms with Gasteiger partial charge < -0.3 is 4.90 Å². The minimum atomic E-state index is -4.75. The Balaban J connectivity index is 2.07. The molecule has 0 aromatic heterocycles. The van der Waals surface area contributed by atoms with Crippen molar-refractivity contribution in [3.63, 3.8) is 0 Å². The van der Waals surface area contributed by atoms with Crippen molar-refractivity contribution in [2.24, 2.45) is 9.98 Å². The van der Waals surface area contributed by atoms with Crippen LogP contribution < -0.4 is 4.90 Å². The molecule has 0 saturated carbocycles. The summed E-state index contributed by atoms with van der Waals surface area (Å²) in [5.41, 5.74) is -0.867. The lowest BCUT2D eigenvalue weighted by molar-refractivity contribution is -0.137. The largest absolute Gasteiger partial charge is 0.417 e. The van der Waals surface area contributed by atoms with Crippen molar-refractivity contribution >= 4 is 28.8 Å². The van der Waals surface area contributed by atoms with Gasteiger partial charge in [-0.1, -0.05) is 24.6 Å². The van der Waals surface area contributed by atoms with Gasteiger partial charge in [0.15, 0.2) is 0 Å².